The van der Waals surface area contributed by atoms with Gasteiger partial charge in [0.1, 0.15) is 5.82 Å². The second-order valence-corrected chi connectivity index (χ2v) is 5.53. The molecule has 5 heteroatoms. The highest BCUT2D eigenvalue weighted by Crippen LogP contribution is 2.19. The molecule has 4 nitrogen and oxygen atoms in total. The molecule has 0 saturated heterocycles. The number of fused-ring (bicyclic) bond motifs is 1. The number of hydrogen-bond acceptors (Lipinski definition) is 4. The molecule has 20 heavy (non-hydrogen) atoms. The van der Waals surface area contributed by atoms with E-state index >= 15 is 0 Å². The minimum Gasteiger partial charge on any atom is -0.306 e. The second kappa shape index (κ2) is 5.02. The highest BCUT2D eigenvalue weighted by molar-refractivity contribution is 7.12. The Morgan fingerprint density at radius 2 is 2.05 bits per heavy atom. The van der Waals surface area contributed by atoms with Crippen molar-refractivity contribution in [2.24, 2.45) is 0 Å². The molecule has 0 fully saturated rings. The number of rotatable bonds is 2. The van der Waals surface area contributed by atoms with Gasteiger partial charge in [-0.1, -0.05) is 6.07 Å². The fourth-order valence-electron chi connectivity index (χ4n) is 2.09. The molecule has 0 aliphatic heterocycles. The molecule has 1 N–H and O–H groups in total. The number of nitrogens with zero attached hydrogens (tertiary/aromatic N) is 2. The Morgan fingerprint density at radius 1 is 1.20 bits per heavy atom. The first kappa shape index (κ1) is 12.7. The lowest BCUT2D eigenvalue weighted by molar-refractivity contribution is 0.103. The molecule has 0 aliphatic rings. The SMILES string of the molecule is Cc1cc(C)c2ccc(NC(=O)c3cccs3)nc2n1. The molecule has 0 radical (unpaired) electrons. The van der Waals surface area contributed by atoms with Crippen LogP contribution in [0.4, 0.5) is 5.82 Å². The molecule has 3 aromatic rings. The Balaban J connectivity index is 1.95. The number of carbonyl (C=O) groups is 1. The standard InChI is InChI=1S/C15H13N3OS/c1-9-8-10(2)16-14-11(9)5-6-13(17-14)18-15(19)12-4-3-7-20-12/h3-8H,1-2H3,(H,16,17,18,19). The number of aromatic nitrogens is 2. The van der Waals surface area contributed by atoms with Crippen LogP contribution in [0.5, 0.6) is 0 Å². The number of aryl methyl sites for hydroxylation is 2. The Hall–Kier alpha value is -2.27. The quantitative estimate of drug-likeness (QED) is 0.782. The van der Waals surface area contributed by atoms with Crippen LogP contribution in [0.25, 0.3) is 11.0 Å². The Kier molecular flexibility index (Phi) is 3.20. The summed E-state index contributed by atoms with van der Waals surface area (Å²) in [6.45, 7) is 3.97. The maximum Gasteiger partial charge on any atom is 0.266 e. The van der Waals surface area contributed by atoms with Gasteiger partial charge in [0.25, 0.3) is 5.91 Å². The van der Waals surface area contributed by atoms with Gasteiger partial charge in [-0.2, -0.15) is 0 Å². The summed E-state index contributed by atoms with van der Waals surface area (Å²) >= 11 is 1.40. The summed E-state index contributed by atoms with van der Waals surface area (Å²) in [6, 6.07) is 9.40. The Morgan fingerprint density at radius 3 is 2.80 bits per heavy atom. The van der Waals surface area contributed by atoms with Crippen LogP contribution in [-0.2, 0) is 0 Å². The predicted molar refractivity (Wildman–Crippen MR) is 81.3 cm³/mol. The zero-order valence-corrected chi connectivity index (χ0v) is 12.0. The molecule has 0 spiro atoms. The van der Waals surface area contributed by atoms with Crippen molar-refractivity contribution in [3.63, 3.8) is 0 Å². The van der Waals surface area contributed by atoms with Crippen LogP contribution in [0.15, 0.2) is 35.7 Å². The third-order valence-electron chi connectivity index (χ3n) is 2.99. The van der Waals surface area contributed by atoms with Crippen LogP contribution in [-0.4, -0.2) is 15.9 Å². The minimum atomic E-state index is -0.142. The summed E-state index contributed by atoms with van der Waals surface area (Å²) in [5.41, 5.74) is 2.71. The molecular weight excluding hydrogens is 270 g/mol. The van der Waals surface area contributed by atoms with Gasteiger partial charge in [-0.25, -0.2) is 9.97 Å². The van der Waals surface area contributed by atoms with Gasteiger partial charge in [-0.05, 0) is 49.1 Å². The zero-order chi connectivity index (χ0) is 14.1. The number of hydrogen-bond donors (Lipinski definition) is 1. The van der Waals surface area contributed by atoms with E-state index in [1.807, 2.05) is 37.4 Å². The van der Waals surface area contributed by atoms with E-state index in [4.69, 9.17) is 0 Å². The van der Waals surface area contributed by atoms with Gasteiger partial charge in [-0.3, -0.25) is 4.79 Å². The number of anilines is 1. The molecular formula is C15H13N3OS. The van der Waals surface area contributed by atoms with Gasteiger partial charge < -0.3 is 5.32 Å². The highest BCUT2D eigenvalue weighted by atomic mass is 32.1. The summed E-state index contributed by atoms with van der Waals surface area (Å²) in [5, 5.41) is 5.67. The molecule has 0 bridgehead atoms. The molecule has 0 aromatic carbocycles. The maximum absolute atomic E-state index is 12.0. The van der Waals surface area contributed by atoms with Crippen LogP contribution < -0.4 is 5.32 Å². The number of carbonyl (C=O) groups excluding carboxylic acids is 1. The van der Waals surface area contributed by atoms with E-state index in [0.29, 0.717) is 16.3 Å². The first-order valence-corrected chi connectivity index (χ1v) is 7.11. The molecule has 3 heterocycles. The molecule has 100 valence electrons. The van der Waals surface area contributed by atoms with Crippen molar-refractivity contribution in [3.8, 4) is 0 Å². The van der Waals surface area contributed by atoms with Crippen molar-refractivity contribution >= 4 is 34.1 Å². The lowest BCUT2D eigenvalue weighted by atomic mass is 10.1. The van der Waals surface area contributed by atoms with Crippen molar-refractivity contribution < 1.29 is 4.79 Å². The van der Waals surface area contributed by atoms with Crippen molar-refractivity contribution in [3.05, 3.63) is 51.8 Å². The summed E-state index contributed by atoms with van der Waals surface area (Å²) in [6.07, 6.45) is 0. The van der Waals surface area contributed by atoms with Crippen molar-refractivity contribution in [1.82, 2.24) is 9.97 Å². The number of pyridine rings is 2. The van der Waals surface area contributed by atoms with Crippen molar-refractivity contribution in [1.29, 1.82) is 0 Å². The topological polar surface area (TPSA) is 54.9 Å². The van der Waals surface area contributed by atoms with E-state index < -0.39 is 0 Å². The molecule has 0 atom stereocenters. The number of nitrogens with one attached hydrogen (secondary N) is 1. The van der Waals surface area contributed by atoms with Gasteiger partial charge in [0.05, 0.1) is 4.88 Å². The first-order valence-electron chi connectivity index (χ1n) is 6.23. The Labute approximate surface area is 120 Å². The van der Waals surface area contributed by atoms with E-state index in [9.17, 15) is 4.79 Å². The summed E-state index contributed by atoms with van der Waals surface area (Å²) in [5.74, 6) is 0.379. The van der Waals surface area contributed by atoms with E-state index in [2.05, 4.69) is 15.3 Å². The van der Waals surface area contributed by atoms with Crippen LogP contribution in [0, 0.1) is 13.8 Å². The minimum absolute atomic E-state index is 0.142. The van der Waals surface area contributed by atoms with Crippen molar-refractivity contribution in [2.45, 2.75) is 13.8 Å². The largest absolute Gasteiger partial charge is 0.306 e. The first-order chi connectivity index (χ1) is 9.63. The zero-order valence-electron chi connectivity index (χ0n) is 11.2. The lowest BCUT2D eigenvalue weighted by Crippen LogP contribution is -2.11. The summed E-state index contributed by atoms with van der Waals surface area (Å²) < 4.78 is 0. The maximum atomic E-state index is 12.0. The smallest absolute Gasteiger partial charge is 0.266 e. The average molecular weight is 283 g/mol. The van der Waals surface area contributed by atoms with Gasteiger partial charge in [-0.15, -0.1) is 11.3 Å². The third-order valence-corrected chi connectivity index (χ3v) is 3.86. The van der Waals surface area contributed by atoms with E-state index in [1.165, 1.54) is 11.3 Å². The normalized spacial score (nSPS) is 10.7. The summed E-state index contributed by atoms with van der Waals surface area (Å²) in [4.78, 5) is 21.5. The van der Waals surface area contributed by atoms with E-state index in [1.54, 1.807) is 12.1 Å². The van der Waals surface area contributed by atoms with E-state index in [-0.39, 0.29) is 5.91 Å². The molecule has 0 unspecified atom stereocenters. The summed E-state index contributed by atoms with van der Waals surface area (Å²) in [7, 11) is 0. The van der Waals surface area contributed by atoms with E-state index in [0.717, 1.165) is 16.6 Å². The molecule has 3 rings (SSSR count). The van der Waals surface area contributed by atoms with Crippen LogP contribution in [0.1, 0.15) is 20.9 Å². The van der Waals surface area contributed by atoms with Crippen LogP contribution in [0.3, 0.4) is 0 Å². The number of amides is 1. The highest BCUT2D eigenvalue weighted by Gasteiger charge is 2.09. The van der Waals surface area contributed by atoms with Crippen LogP contribution in [0.2, 0.25) is 0 Å². The van der Waals surface area contributed by atoms with Crippen LogP contribution >= 0.6 is 11.3 Å². The van der Waals surface area contributed by atoms with Crippen molar-refractivity contribution in [2.75, 3.05) is 5.32 Å². The molecule has 1 amide bonds. The van der Waals surface area contributed by atoms with Gasteiger partial charge in [0.2, 0.25) is 0 Å². The predicted octanol–water partition coefficient (Wildman–Crippen LogP) is 3.56. The third kappa shape index (κ3) is 2.40. The monoisotopic (exact) mass is 283 g/mol. The number of thiophene rings is 1. The molecule has 3 aromatic heterocycles. The average Bonchev–Trinajstić information content (AvgIpc) is 2.91. The fourth-order valence-corrected chi connectivity index (χ4v) is 2.71. The molecule has 0 saturated carbocycles. The van der Waals surface area contributed by atoms with Gasteiger partial charge >= 0.3 is 0 Å². The van der Waals surface area contributed by atoms with Gasteiger partial charge in [0.15, 0.2) is 5.65 Å². The molecule has 0 aliphatic carbocycles. The fraction of sp³-hybridized carbons (Fsp3) is 0.133. The van der Waals surface area contributed by atoms with Gasteiger partial charge in [0, 0.05) is 11.1 Å². The second-order valence-electron chi connectivity index (χ2n) is 4.58. The lowest BCUT2D eigenvalue weighted by Gasteiger charge is -2.06. The Bertz CT molecular complexity index is 781.